The number of hydrogen-bond acceptors (Lipinski definition) is 5. The van der Waals surface area contributed by atoms with E-state index < -0.39 is 0 Å². The molecule has 3 aromatic heterocycles. The smallest absolute Gasteiger partial charge is 0.163 e. The van der Waals surface area contributed by atoms with Crippen LogP contribution in [0.4, 0.5) is 5.82 Å². The zero-order chi connectivity index (χ0) is 15.6. The average Bonchev–Trinajstić information content (AvgIpc) is 2.99. The van der Waals surface area contributed by atoms with E-state index >= 15 is 0 Å². The van der Waals surface area contributed by atoms with Gasteiger partial charge < -0.3 is 5.73 Å². The maximum absolute atomic E-state index is 6.14. The largest absolute Gasteiger partial charge is 0.383 e. The molecule has 0 bridgehead atoms. The van der Waals surface area contributed by atoms with Crippen molar-refractivity contribution in [1.82, 2.24) is 15.0 Å². The molecule has 4 nitrogen and oxygen atoms in total. The summed E-state index contributed by atoms with van der Waals surface area (Å²) in [5.41, 5.74) is 8.34. The Labute approximate surface area is 137 Å². The van der Waals surface area contributed by atoms with E-state index in [1.807, 2.05) is 18.2 Å². The first-order chi connectivity index (χ1) is 11.3. The Morgan fingerprint density at radius 2 is 1.74 bits per heavy atom. The molecule has 3 heterocycles. The van der Waals surface area contributed by atoms with Gasteiger partial charge >= 0.3 is 0 Å². The van der Waals surface area contributed by atoms with Gasteiger partial charge in [-0.3, -0.25) is 4.98 Å². The molecule has 0 spiro atoms. The maximum atomic E-state index is 6.14. The van der Waals surface area contributed by atoms with Crippen molar-refractivity contribution < 1.29 is 0 Å². The fraction of sp³-hybridized carbons (Fsp3) is 0.0556. The Morgan fingerprint density at radius 3 is 2.52 bits per heavy atom. The van der Waals surface area contributed by atoms with Gasteiger partial charge in [0.05, 0.1) is 5.39 Å². The van der Waals surface area contributed by atoms with E-state index in [2.05, 4.69) is 45.3 Å². The zero-order valence-corrected chi connectivity index (χ0v) is 13.1. The first-order valence-electron chi connectivity index (χ1n) is 7.30. The number of hydrogen-bond donors (Lipinski definition) is 1. The van der Waals surface area contributed by atoms with Crippen LogP contribution in [0.1, 0.15) is 10.4 Å². The van der Waals surface area contributed by atoms with Gasteiger partial charge in [-0.1, -0.05) is 30.3 Å². The minimum atomic E-state index is 0.525. The summed E-state index contributed by atoms with van der Waals surface area (Å²) in [7, 11) is 0. The Kier molecular flexibility index (Phi) is 3.48. The summed E-state index contributed by atoms with van der Waals surface area (Å²) in [4.78, 5) is 15.3. The quantitative estimate of drug-likeness (QED) is 0.621. The van der Waals surface area contributed by atoms with Crippen LogP contribution in [-0.2, 0) is 6.42 Å². The summed E-state index contributed by atoms with van der Waals surface area (Å²) in [6.07, 6.45) is 4.34. The van der Waals surface area contributed by atoms with Crippen molar-refractivity contribution in [2.45, 2.75) is 6.42 Å². The van der Waals surface area contributed by atoms with Crippen LogP contribution in [0.3, 0.4) is 0 Å². The van der Waals surface area contributed by atoms with Crippen molar-refractivity contribution in [2.75, 3.05) is 5.73 Å². The highest BCUT2D eigenvalue weighted by Crippen LogP contribution is 2.31. The first-order valence-corrected chi connectivity index (χ1v) is 8.11. The van der Waals surface area contributed by atoms with Gasteiger partial charge in [0.15, 0.2) is 5.82 Å². The second-order valence-corrected chi connectivity index (χ2v) is 6.38. The topological polar surface area (TPSA) is 64.7 Å². The van der Waals surface area contributed by atoms with Gasteiger partial charge in [-0.25, -0.2) is 9.97 Å². The van der Waals surface area contributed by atoms with Crippen LogP contribution in [0.15, 0.2) is 60.9 Å². The number of thiophene rings is 1. The molecule has 0 saturated carbocycles. The molecule has 0 fully saturated rings. The highest BCUT2D eigenvalue weighted by molar-refractivity contribution is 7.18. The molecular formula is C18H14N4S. The van der Waals surface area contributed by atoms with Crippen LogP contribution in [0.2, 0.25) is 0 Å². The van der Waals surface area contributed by atoms with E-state index in [-0.39, 0.29) is 0 Å². The molecule has 0 amide bonds. The zero-order valence-electron chi connectivity index (χ0n) is 12.3. The van der Waals surface area contributed by atoms with Gasteiger partial charge in [0, 0.05) is 29.3 Å². The monoisotopic (exact) mass is 318 g/mol. The molecule has 2 N–H and O–H groups in total. The van der Waals surface area contributed by atoms with E-state index in [0.717, 1.165) is 22.2 Å². The fourth-order valence-electron chi connectivity index (χ4n) is 2.51. The summed E-state index contributed by atoms with van der Waals surface area (Å²) < 4.78 is 0. The van der Waals surface area contributed by atoms with Crippen molar-refractivity contribution in [1.29, 1.82) is 0 Å². The number of aromatic nitrogens is 3. The lowest BCUT2D eigenvalue weighted by Crippen LogP contribution is -1.95. The Hall–Kier alpha value is -2.79. The van der Waals surface area contributed by atoms with Crippen LogP contribution < -0.4 is 5.73 Å². The van der Waals surface area contributed by atoms with E-state index in [9.17, 15) is 0 Å². The molecule has 0 aliphatic heterocycles. The molecule has 0 aliphatic carbocycles. The molecular weight excluding hydrogens is 304 g/mol. The Balaban J connectivity index is 1.75. The summed E-state index contributed by atoms with van der Waals surface area (Å²) >= 11 is 1.67. The van der Waals surface area contributed by atoms with Crippen LogP contribution in [-0.4, -0.2) is 15.0 Å². The third-order valence-electron chi connectivity index (χ3n) is 3.63. The van der Waals surface area contributed by atoms with Crippen molar-refractivity contribution in [3.05, 3.63) is 71.4 Å². The van der Waals surface area contributed by atoms with Gasteiger partial charge in [-0.15, -0.1) is 11.3 Å². The number of benzene rings is 1. The summed E-state index contributed by atoms with van der Waals surface area (Å²) in [5, 5.41) is 0.929. The highest BCUT2D eigenvalue weighted by atomic mass is 32.1. The van der Waals surface area contributed by atoms with Gasteiger partial charge in [-0.2, -0.15) is 0 Å². The first kappa shape index (κ1) is 13.8. The Bertz CT molecular complexity index is 949. The van der Waals surface area contributed by atoms with Gasteiger partial charge in [0.1, 0.15) is 10.6 Å². The highest BCUT2D eigenvalue weighted by Gasteiger charge is 2.11. The predicted octanol–water partition coefficient (Wildman–Crippen LogP) is 3.93. The number of nitrogens with two attached hydrogens (primary N) is 1. The van der Waals surface area contributed by atoms with Crippen molar-refractivity contribution >= 4 is 27.4 Å². The second kappa shape index (κ2) is 5.78. The summed E-state index contributed by atoms with van der Waals surface area (Å²) in [6.45, 7) is 0. The number of nitrogen functional groups attached to an aromatic ring is 1. The molecule has 0 atom stereocenters. The van der Waals surface area contributed by atoms with E-state index in [1.54, 1.807) is 23.7 Å². The summed E-state index contributed by atoms with van der Waals surface area (Å²) in [5.74, 6) is 1.17. The number of rotatable bonds is 3. The Morgan fingerprint density at radius 1 is 0.957 bits per heavy atom. The van der Waals surface area contributed by atoms with Gasteiger partial charge in [0.2, 0.25) is 0 Å². The normalized spacial score (nSPS) is 11.0. The third kappa shape index (κ3) is 2.78. The second-order valence-electron chi connectivity index (χ2n) is 5.26. The molecule has 0 saturated heterocycles. The van der Waals surface area contributed by atoms with Gasteiger partial charge in [0.25, 0.3) is 0 Å². The molecule has 0 aliphatic rings. The van der Waals surface area contributed by atoms with Crippen molar-refractivity contribution in [2.24, 2.45) is 0 Å². The SMILES string of the molecule is Nc1nc(-c2ccncc2)nc2sc(Cc3ccccc3)cc12. The lowest BCUT2D eigenvalue weighted by molar-refractivity contribution is 1.23. The number of anilines is 1. The van der Waals surface area contributed by atoms with Crippen molar-refractivity contribution in [3.8, 4) is 11.4 Å². The number of fused-ring (bicyclic) bond motifs is 1. The average molecular weight is 318 g/mol. The number of nitrogens with zero attached hydrogens (tertiary/aromatic N) is 3. The molecule has 0 unspecified atom stereocenters. The number of pyridine rings is 1. The van der Waals surface area contributed by atoms with E-state index in [0.29, 0.717) is 11.6 Å². The third-order valence-corrected chi connectivity index (χ3v) is 4.66. The minimum Gasteiger partial charge on any atom is -0.383 e. The molecule has 23 heavy (non-hydrogen) atoms. The lowest BCUT2D eigenvalue weighted by Gasteiger charge is -2.01. The van der Waals surface area contributed by atoms with Crippen LogP contribution in [0.5, 0.6) is 0 Å². The van der Waals surface area contributed by atoms with Crippen LogP contribution in [0.25, 0.3) is 21.6 Å². The molecule has 1 aromatic carbocycles. The minimum absolute atomic E-state index is 0.525. The molecule has 4 aromatic rings. The van der Waals surface area contributed by atoms with Crippen LogP contribution >= 0.6 is 11.3 Å². The van der Waals surface area contributed by atoms with Crippen molar-refractivity contribution in [3.63, 3.8) is 0 Å². The van der Waals surface area contributed by atoms with E-state index in [1.165, 1.54) is 10.4 Å². The molecule has 112 valence electrons. The lowest BCUT2D eigenvalue weighted by atomic mass is 10.1. The van der Waals surface area contributed by atoms with E-state index in [4.69, 9.17) is 5.73 Å². The molecule has 4 rings (SSSR count). The standard InChI is InChI=1S/C18H14N4S/c19-16-15-11-14(10-12-4-2-1-3-5-12)23-18(15)22-17(21-16)13-6-8-20-9-7-13/h1-9,11H,10H2,(H2,19,21,22). The predicted molar refractivity (Wildman–Crippen MR) is 94.3 cm³/mol. The summed E-state index contributed by atoms with van der Waals surface area (Å²) in [6, 6.07) is 16.3. The maximum Gasteiger partial charge on any atom is 0.163 e. The molecule has 5 heteroatoms. The fourth-order valence-corrected chi connectivity index (χ4v) is 3.58. The van der Waals surface area contributed by atoms with Crippen LogP contribution in [0, 0.1) is 0 Å². The molecule has 0 radical (unpaired) electrons. The van der Waals surface area contributed by atoms with Gasteiger partial charge in [-0.05, 0) is 23.8 Å².